The molecule has 38 heavy (non-hydrogen) atoms. The number of alkyl halides is 1. The second kappa shape index (κ2) is 11.9. The van der Waals surface area contributed by atoms with E-state index in [1.807, 2.05) is 31.3 Å². The SMILES string of the molecule is CC/C=C\c1c(NC)cccc1C1=C(C)c2ccccc2OC1c1ccc(OCCN2CC(CF)C2)cc1. The maximum absolute atomic E-state index is 12.7. The number of likely N-dealkylation sites (tertiary alicyclic amines) is 1. The van der Waals surface area contributed by atoms with E-state index < -0.39 is 0 Å². The lowest BCUT2D eigenvalue weighted by Gasteiger charge is -2.37. The van der Waals surface area contributed by atoms with E-state index in [1.54, 1.807) is 0 Å². The average molecular weight is 513 g/mol. The Balaban J connectivity index is 1.45. The van der Waals surface area contributed by atoms with E-state index >= 15 is 0 Å². The first kappa shape index (κ1) is 26.1. The molecule has 0 aliphatic carbocycles. The molecule has 3 aromatic rings. The van der Waals surface area contributed by atoms with E-state index in [-0.39, 0.29) is 18.7 Å². The van der Waals surface area contributed by atoms with Gasteiger partial charge in [0.2, 0.25) is 0 Å². The minimum absolute atomic E-state index is 0.201. The molecule has 0 saturated carbocycles. The van der Waals surface area contributed by atoms with Crippen LogP contribution in [-0.4, -0.2) is 44.9 Å². The van der Waals surface area contributed by atoms with Crippen LogP contribution in [0.1, 0.15) is 48.6 Å². The Labute approximate surface area is 225 Å². The number of hydrogen-bond acceptors (Lipinski definition) is 4. The van der Waals surface area contributed by atoms with Crippen LogP contribution in [0.15, 0.2) is 72.8 Å². The van der Waals surface area contributed by atoms with Gasteiger partial charge in [-0.05, 0) is 54.3 Å². The Morgan fingerprint density at radius 2 is 1.79 bits per heavy atom. The molecule has 0 bridgehead atoms. The molecule has 1 saturated heterocycles. The van der Waals surface area contributed by atoms with E-state index in [2.05, 4.69) is 78.7 Å². The molecule has 0 spiro atoms. The number of benzene rings is 3. The lowest BCUT2D eigenvalue weighted by Crippen LogP contribution is -2.49. The maximum atomic E-state index is 12.7. The van der Waals surface area contributed by atoms with Crippen molar-refractivity contribution in [1.82, 2.24) is 4.90 Å². The Morgan fingerprint density at radius 3 is 2.53 bits per heavy atom. The third-order valence-corrected chi connectivity index (χ3v) is 7.50. The molecule has 0 radical (unpaired) electrons. The fourth-order valence-corrected chi connectivity index (χ4v) is 5.41. The molecule has 1 fully saturated rings. The molecule has 1 N–H and O–H groups in total. The van der Waals surface area contributed by atoms with Crippen molar-refractivity contribution in [3.05, 3.63) is 95.1 Å². The zero-order valence-electron chi connectivity index (χ0n) is 22.5. The molecular weight excluding hydrogens is 475 g/mol. The monoisotopic (exact) mass is 512 g/mol. The minimum atomic E-state index is -0.251. The summed E-state index contributed by atoms with van der Waals surface area (Å²) in [4.78, 5) is 2.23. The highest BCUT2D eigenvalue weighted by Gasteiger charge is 2.30. The standard InChI is InChI=1S/C33H37FN2O2/c1-4-5-9-28-29(11-8-12-30(28)35-3)32-23(2)27-10-6-7-13-31(27)38-33(32)25-14-16-26(17-15-25)37-19-18-36-21-24(20-34)22-36/h5-17,24,33,35H,4,18-22H2,1-3H3/b9-5-. The minimum Gasteiger partial charge on any atom is -0.492 e. The highest BCUT2D eigenvalue weighted by atomic mass is 19.1. The maximum Gasteiger partial charge on any atom is 0.150 e. The normalized spacial score (nSPS) is 17.7. The molecule has 5 heteroatoms. The van der Waals surface area contributed by atoms with Gasteiger partial charge in [0.15, 0.2) is 0 Å². The van der Waals surface area contributed by atoms with Gasteiger partial charge in [-0.1, -0.05) is 61.5 Å². The van der Waals surface area contributed by atoms with Crippen LogP contribution in [0.2, 0.25) is 0 Å². The molecule has 5 rings (SSSR count). The van der Waals surface area contributed by atoms with Crippen molar-refractivity contribution in [1.29, 1.82) is 0 Å². The van der Waals surface area contributed by atoms with Crippen LogP contribution in [0, 0.1) is 5.92 Å². The number of hydrogen-bond donors (Lipinski definition) is 1. The molecule has 2 aliphatic rings. The van der Waals surface area contributed by atoms with Gasteiger partial charge >= 0.3 is 0 Å². The summed E-state index contributed by atoms with van der Waals surface area (Å²) in [7, 11) is 1.97. The van der Waals surface area contributed by atoms with Gasteiger partial charge in [0.25, 0.3) is 0 Å². The van der Waals surface area contributed by atoms with E-state index in [9.17, 15) is 4.39 Å². The summed E-state index contributed by atoms with van der Waals surface area (Å²) in [6.45, 7) is 7.21. The third-order valence-electron chi connectivity index (χ3n) is 7.50. The Morgan fingerprint density at radius 1 is 1.03 bits per heavy atom. The lowest BCUT2D eigenvalue weighted by molar-refractivity contribution is 0.0668. The van der Waals surface area contributed by atoms with Crippen LogP contribution in [-0.2, 0) is 0 Å². The summed E-state index contributed by atoms with van der Waals surface area (Å²) in [6.07, 6.45) is 5.13. The number of nitrogens with zero attached hydrogens (tertiary/aromatic N) is 1. The highest BCUT2D eigenvalue weighted by molar-refractivity contribution is 5.98. The Hall–Kier alpha value is -3.57. The van der Waals surface area contributed by atoms with Crippen LogP contribution >= 0.6 is 0 Å². The van der Waals surface area contributed by atoms with Gasteiger partial charge in [0.1, 0.15) is 24.2 Å². The van der Waals surface area contributed by atoms with Gasteiger partial charge in [-0.3, -0.25) is 9.29 Å². The summed E-state index contributed by atoms with van der Waals surface area (Å²) in [5.74, 6) is 1.93. The summed E-state index contributed by atoms with van der Waals surface area (Å²) in [5, 5.41) is 3.37. The lowest BCUT2D eigenvalue weighted by atomic mass is 9.84. The molecule has 198 valence electrons. The molecule has 2 heterocycles. The molecule has 0 aromatic heterocycles. The smallest absolute Gasteiger partial charge is 0.150 e. The second-order valence-corrected chi connectivity index (χ2v) is 10.1. The number of nitrogens with one attached hydrogen (secondary N) is 1. The first-order valence-electron chi connectivity index (χ1n) is 13.6. The van der Waals surface area contributed by atoms with Crippen molar-refractivity contribution < 1.29 is 13.9 Å². The number of halogens is 1. The largest absolute Gasteiger partial charge is 0.492 e. The first-order valence-corrected chi connectivity index (χ1v) is 13.6. The first-order chi connectivity index (χ1) is 18.6. The van der Waals surface area contributed by atoms with Gasteiger partial charge in [0.05, 0.1) is 6.67 Å². The highest BCUT2D eigenvalue weighted by Crippen LogP contribution is 2.48. The fourth-order valence-electron chi connectivity index (χ4n) is 5.41. The van der Waals surface area contributed by atoms with Crippen LogP contribution < -0.4 is 14.8 Å². The van der Waals surface area contributed by atoms with E-state index in [4.69, 9.17) is 9.47 Å². The average Bonchev–Trinajstić information content (AvgIpc) is 2.93. The number of para-hydroxylation sites is 1. The third kappa shape index (κ3) is 5.34. The number of rotatable bonds is 10. The molecular formula is C33H37FN2O2. The van der Waals surface area contributed by atoms with Gasteiger partial charge in [-0.15, -0.1) is 0 Å². The molecule has 3 aromatic carbocycles. The van der Waals surface area contributed by atoms with E-state index in [0.717, 1.165) is 54.4 Å². The van der Waals surface area contributed by atoms with E-state index in [1.165, 1.54) is 22.3 Å². The zero-order chi connectivity index (χ0) is 26.5. The fraction of sp³-hybridized carbons (Fsp3) is 0.333. The topological polar surface area (TPSA) is 33.7 Å². The van der Waals surface area contributed by atoms with Crippen molar-refractivity contribution in [2.75, 3.05) is 45.3 Å². The van der Waals surface area contributed by atoms with Crippen LogP contribution in [0.4, 0.5) is 10.1 Å². The number of allylic oxidation sites excluding steroid dienone is 2. The Kier molecular flexibility index (Phi) is 8.14. The molecule has 4 nitrogen and oxygen atoms in total. The van der Waals surface area contributed by atoms with Crippen molar-refractivity contribution >= 4 is 22.9 Å². The van der Waals surface area contributed by atoms with Crippen LogP contribution in [0.5, 0.6) is 11.5 Å². The number of anilines is 1. The van der Waals surface area contributed by atoms with Crippen molar-refractivity contribution in [2.45, 2.75) is 26.4 Å². The molecule has 0 amide bonds. The quantitative estimate of drug-likeness (QED) is 0.305. The van der Waals surface area contributed by atoms with Crippen LogP contribution in [0.3, 0.4) is 0 Å². The second-order valence-electron chi connectivity index (χ2n) is 10.1. The predicted octanol–water partition coefficient (Wildman–Crippen LogP) is 7.50. The number of ether oxygens (including phenoxy) is 2. The van der Waals surface area contributed by atoms with Crippen LogP contribution in [0.25, 0.3) is 17.2 Å². The van der Waals surface area contributed by atoms with Crippen molar-refractivity contribution in [3.63, 3.8) is 0 Å². The molecule has 2 aliphatic heterocycles. The van der Waals surface area contributed by atoms with E-state index in [0.29, 0.717) is 6.61 Å². The Bertz CT molecular complexity index is 1310. The number of fused-ring (bicyclic) bond motifs is 1. The summed E-state index contributed by atoms with van der Waals surface area (Å²) < 4.78 is 25.4. The zero-order valence-corrected chi connectivity index (χ0v) is 22.5. The summed E-state index contributed by atoms with van der Waals surface area (Å²) >= 11 is 0. The predicted molar refractivity (Wildman–Crippen MR) is 155 cm³/mol. The van der Waals surface area contributed by atoms with Crippen molar-refractivity contribution in [2.24, 2.45) is 5.92 Å². The van der Waals surface area contributed by atoms with Gasteiger partial charge in [-0.25, -0.2) is 0 Å². The molecule has 1 atom stereocenters. The van der Waals surface area contributed by atoms with Gasteiger partial charge in [-0.2, -0.15) is 0 Å². The summed E-state index contributed by atoms with van der Waals surface area (Å²) in [5.41, 5.74) is 8.02. The molecule has 1 unspecified atom stereocenters. The summed E-state index contributed by atoms with van der Waals surface area (Å²) in [6, 6.07) is 22.9. The van der Waals surface area contributed by atoms with Crippen molar-refractivity contribution in [3.8, 4) is 11.5 Å². The van der Waals surface area contributed by atoms with Gasteiger partial charge < -0.3 is 14.8 Å². The van der Waals surface area contributed by atoms with Gasteiger partial charge in [0, 0.05) is 55.0 Å².